The van der Waals surface area contributed by atoms with E-state index in [9.17, 15) is 4.39 Å². The van der Waals surface area contributed by atoms with Crippen LogP contribution in [-0.2, 0) is 6.42 Å². The third-order valence-corrected chi connectivity index (χ3v) is 3.34. The highest BCUT2D eigenvalue weighted by Crippen LogP contribution is 2.26. The Labute approximate surface area is 118 Å². The van der Waals surface area contributed by atoms with Crippen LogP contribution in [0.15, 0.2) is 42.5 Å². The average molecular weight is 274 g/mol. The van der Waals surface area contributed by atoms with Crippen LogP contribution in [0.25, 0.3) is 0 Å². The molecular formula is C16H19FN2O. The van der Waals surface area contributed by atoms with Gasteiger partial charge in [0.2, 0.25) is 0 Å². The second-order valence-electron chi connectivity index (χ2n) is 4.76. The van der Waals surface area contributed by atoms with Gasteiger partial charge in [-0.05, 0) is 31.0 Å². The minimum absolute atomic E-state index is 0.256. The monoisotopic (exact) mass is 274 g/mol. The minimum atomic E-state index is -0.300. The standard InChI is InChI=1S/C16H19FN2O/c1-11-7-8-14(17)13(9-11)15(19-18)10-12-5-3-4-6-16(12)20-2/h3-9,15,19H,10,18H2,1-2H3. The fourth-order valence-electron chi connectivity index (χ4n) is 2.28. The predicted octanol–water partition coefficient (Wildman–Crippen LogP) is 2.89. The van der Waals surface area contributed by atoms with Crippen LogP contribution in [0, 0.1) is 12.7 Å². The van der Waals surface area contributed by atoms with Crippen LogP contribution in [-0.4, -0.2) is 7.11 Å². The molecule has 0 fully saturated rings. The molecule has 2 aromatic carbocycles. The van der Waals surface area contributed by atoms with E-state index >= 15 is 0 Å². The van der Waals surface area contributed by atoms with Crippen molar-refractivity contribution in [3.8, 4) is 5.75 Å². The van der Waals surface area contributed by atoms with Gasteiger partial charge in [0, 0.05) is 5.56 Å². The van der Waals surface area contributed by atoms with Crippen molar-refractivity contribution in [2.45, 2.75) is 19.4 Å². The summed E-state index contributed by atoms with van der Waals surface area (Å²) < 4.78 is 19.3. The SMILES string of the molecule is COc1ccccc1CC(NN)c1cc(C)ccc1F. The molecule has 0 amide bonds. The van der Waals surface area contributed by atoms with Gasteiger partial charge in [-0.15, -0.1) is 0 Å². The van der Waals surface area contributed by atoms with E-state index in [1.807, 2.05) is 37.3 Å². The number of ether oxygens (including phenoxy) is 1. The van der Waals surface area contributed by atoms with E-state index in [1.54, 1.807) is 13.2 Å². The van der Waals surface area contributed by atoms with Gasteiger partial charge in [0.05, 0.1) is 13.2 Å². The number of para-hydroxylation sites is 1. The highest BCUT2D eigenvalue weighted by Gasteiger charge is 2.17. The molecule has 1 unspecified atom stereocenters. The number of aryl methyl sites for hydroxylation is 1. The summed E-state index contributed by atoms with van der Waals surface area (Å²) in [5, 5.41) is 0. The second-order valence-corrected chi connectivity index (χ2v) is 4.76. The van der Waals surface area contributed by atoms with Crippen molar-refractivity contribution in [2.24, 2.45) is 5.84 Å². The van der Waals surface area contributed by atoms with Crippen LogP contribution < -0.4 is 16.0 Å². The van der Waals surface area contributed by atoms with Crippen molar-refractivity contribution in [1.82, 2.24) is 5.43 Å². The Kier molecular flexibility index (Phi) is 4.71. The van der Waals surface area contributed by atoms with Crippen LogP contribution in [0.5, 0.6) is 5.75 Å². The lowest BCUT2D eigenvalue weighted by molar-refractivity contribution is 0.404. The van der Waals surface area contributed by atoms with Crippen molar-refractivity contribution in [3.63, 3.8) is 0 Å². The predicted molar refractivity (Wildman–Crippen MR) is 77.9 cm³/mol. The van der Waals surface area contributed by atoms with Gasteiger partial charge in [0.1, 0.15) is 11.6 Å². The van der Waals surface area contributed by atoms with Gasteiger partial charge in [0.25, 0.3) is 0 Å². The highest BCUT2D eigenvalue weighted by molar-refractivity contribution is 5.36. The van der Waals surface area contributed by atoms with E-state index in [0.29, 0.717) is 12.0 Å². The third-order valence-electron chi connectivity index (χ3n) is 3.34. The van der Waals surface area contributed by atoms with Gasteiger partial charge < -0.3 is 4.74 Å². The molecule has 3 nitrogen and oxygen atoms in total. The highest BCUT2D eigenvalue weighted by atomic mass is 19.1. The fourth-order valence-corrected chi connectivity index (χ4v) is 2.28. The summed E-state index contributed by atoms with van der Waals surface area (Å²) in [4.78, 5) is 0. The van der Waals surface area contributed by atoms with Crippen LogP contribution in [0.1, 0.15) is 22.7 Å². The lowest BCUT2D eigenvalue weighted by Gasteiger charge is -2.19. The molecule has 4 heteroatoms. The summed E-state index contributed by atoms with van der Waals surface area (Å²) in [7, 11) is 1.62. The first-order valence-electron chi connectivity index (χ1n) is 6.49. The molecule has 2 rings (SSSR count). The van der Waals surface area contributed by atoms with Crippen molar-refractivity contribution in [3.05, 3.63) is 65.0 Å². The first-order valence-corrected chi connectivity index (χ1v) is 6.49. The molecule has 0 aliphatic heterocycles. The smallest absolute Gasteiger partial charge is 0.128 e. The van der Waals surface area contributed by atoms with Crippen molar-refractivity contribution >= 4 is 0 Å². The van der Waals surface area contributed by atoms with Gasteiger partial charge in [-0.2, -0.15) is 0 Å². The van der Waals surface area contributed by atoms with Gasteiger partial charge in [0.15, 0.2) is 0 Å². The Morgan fingerprint density at radius 3 is 2.70 bits per heavy atom. The zero-order valence-corrected chi connectivity index (χ0v) is 11.7. The Hall–Kier alpha value is -1.91. The summed E-state index contributed by atoms with van der Waals surface area (Å²) in [6.45, 7) is 1.93. The quantitative estimate of drug-likeness (QED) is 0.651. The lowest BCUT2D eigenvalue weighted by Crippen LogP contribution is -2.30. The molecule has 0 bridgehead atoms. The number of benzene rings is 2. The zero-order valence-electron chi connectivity index (χ0n) is 11.7. The van der Waals surface area contributed by atoms with Crippen molar-refractivity contribution < 1.29 is 9.13 Å². The molecule has 0 aliphatic carbocycles. The zero-order chi connectivity index (χ0) is 14.5. The van der Waals surface area contributed by atoms with Gasteiger partial charge >= 0.3 is 0 Å². The summed E-state index contributed by atoms with van der Waals surface area (Å²) in [5.41, 5.74) is 5.25. The molecule has 0 saturated carbocycles. The molecule has 0 spiro atoms. The number of hydrogen-bond donors (Lipinski definition) is 2. The largest absolute Gasteiger partial charge is 0.496 e. The van der Waals surface area contributed by atoms with Crippen LogP contribution in [0.2, 0.25) is 0 Å². The minimum Gasteiger partial charge on any atom is -0.496 e. The van der Waals surface area contributed by atoms with E-state index in [0.717, 1.165) is 16.9 Å². The van der Waals surface area contributed by atoms with Gasteiger partial charge in [-0.3, -0.25) is 11.3 Å². The summed E-state index contributed by atoms with van der Waals surface area (Å²) in [6.07, 6.45) is 0.556. The normalized spacial score (nSPS) is 12.2. The van der Waals surface area contributed by atoms with E-state index in [-0.39, 0.29) is 11.9 Å². The summed E-state index contributed by atoms with van der Waals surface area (Å²) in [5.74, 6) is 6.13. The molecule has 0 heterocycles. The van der Waals surface area contributed by atoms with E-state index < -0.39 is 0 Å². The van der Waals surface area contributed by atoms with Crippen LogP contribution >= 0.6 is 0 Å². The maximum Gasteiger partial charge on any atom is 0.128 e. The third kappa shape index (κ3) is 3.15. The van der Waals surface area contributed by atoms with Crippen LogP contribution in [0.4, 0.5) is 4.39 Å². The number of nitrogens with two attached hydrogens (primary N) is 1. The van der Waals surface area contributed by atoms with Crippen molar-refractivity contribution in [1.29, 1.82) is 0 Å². The number of nitrogens with one attached hydrogen (secondary N) is 1. The lowest BCUT2D eigenvalue weighted by atomic mass is 9.97. The molecule has 3 N–H and O–H groups in total. The molecular weight excluding hydrogens is 255 g/mol. The summed E-state index contributed by atoms with van der Waals surface area (Å²) >= 11 is 0. The van der Waals surface area contributed by atoms with Gasteiger partial charge in [-0.1, -0.05) is 35.9 Å². The second kappa shape index (κ2) is 6.50. The number of rotatable bonds is 5. The molecule has 1 atom stereocenters. The van der Waals surface area contributed by atoms with E-state index in [1.165, 1.54) is 6.07 Å². The Bertz CT molecular complexity index is 586. The van der Waals surface area contributed by atoms with Crippen LogP contribution in [0.3, 0.4) is 0 Å². The molecule has 0 saturated heterocycles. The maximum atomic E-state index is 14.0. The first-order chi connectivity index (χ1) is 9.65. The number of halogens is 1. The van der Waals surface area contributed by atoms with Crippen molar-refractivity contribution in [2.75, 3.05) is 7.11 Å². The number of hydrazine groups is 1. The molecule has 0 radical (unpaired) electrons. The Morgan fingerprint density at radius 2 is 2.00 bits per heavy atom. The maximum absolute atomic E-state index is 14.0. The first kappa shape index (κ1) is 14.5. The van der Waals surface area contributed by atoms with E-state index in [2.05, 4.69) is 5.43 Å². The van der Waals surface area contributed by atoms with Gasteiger partial charge in [-0.25, -0.2) is 4.39 Å². The average Bonchev–Trinajstić information content (AvgIpc) is 2.48. The summed E-state index contributed by atoms with van der Waals surface area (Å²) in [6, 6.07) is 12.4. The number of methoxy groups -OCH3 is 1. The topological polar surface area (TPSA) is 47.3 Å². The molecule has 0 aromatic heterocycles. The Morgan fingerprint density at radius 1 is 1.25 bits per heavy atom. The Balaban J connectivity index is 2.31. The molecule has 2 aromatic rings. The van der Waals surface area contributed by atoms with E-state index in [4.69, 9.17) is 10.6 Å². The fraction of sp³-hybridized carbons (Fsp3) is 0.250. The number of hydrogen-bond acceptors (Lipinski definition) is 3. The molecule has 0 aliphatic rings. The molecule has 106 valence electrons. The molecule has 20 heavy (non-hydrogen) atoms.